The molecule has 0 N–H and O–H groups in total. The van der Waals surface area contributed by atoms with Gasteiger partial charge in [-0.3, -0.25) is 14.4 Å². The zero-order chi connectivity index (χ0) is 13.2. The number of hydrogen-bond acceptors (Lipinski definition) is 4. The van der Waals surface area contributed by atoms with Gasteiger partial charge in [0.05, 0.1) is 6.61 Å². The van der Waals surface area contributed by atoms with E-state index in [1.54, 1.807) is 0 Å². The van der Waals surface area contributed by atoms with Gasteiger partial charge in [-0.2, -0.15) is 5.06 Å². The van der Waals surface area contributed by atoms with Gasteiger partial charge >= 0.3 is 0 Å². The smallest absolute Gasteiger partial charge is 0.253 e. The molecular formula is C14H22N2O3. The second-order valence-electron chi connectivity index (χ2n) is 5.88. The van der Waals surface area contributed by atoms with Crippen molar-refractivity contribution in [2.45, 2.75) is 51.0 Å². The van der Waals surface area contributed by atoms with Crippen molar-refractivity contribution in [3.8, 4) is 0 Å². The molecule has 0 aliphatic carbocycles. The molecule has 0 aromatic rings. The van der Waals surface area contributed by atoms with Gasteiger partial charge in [-0.15, -0.1) is 0 Å². The summed E-state index contributed by atoms with van der Waals surface area (Å²) in [7, 11) is 0. The van der Waals surface area contributed by atoms with Crippen LogP contribution in [-0.2, 0) is 14.4 Å². The predicted octanol–water partition coefficient (Wildman–Crippen LogP) is 1.33. The summed E-state index contributed by atoms with van der Waals surface area (Å²) in [5.74, 6) is 0.109. The molecular weight excluding hydrogens is 244 g/mol. The van der Waals surface area contributed by atoms with Gasteiger partial charge < -0.3 is 4.90 Å². The highest BCUT2D eigenvalue weighted by molar-refractivity contribution is 6.00. The van der Waals surface area contributed by atoms with Crippen molar-refractivity contribution in [3.05, 3.63) is 0 Å². The summed E-state index contributed by atoms with van der Waals surface area (Å²) in [6.45, 7) is 2.91. The van der Waals surface area contributed by atoms with Crippen LogP contribution in [0.25, 0.3) is 0 Å². The van der Waals surface area contributed by atoms with Gasteiger partial charge in [0.2, 0.25) is 0 Å². The van der Waals surface area contributed by atoms with Crippen molar-refractivity contribution in [2.75, 3.05) is 19.7 Å². The molecule has 3 saturated heterocycles. The van der Waals surface area contributed by atoms with Gasteiger partial charge in [0.15, 0.2) is 0 Å². The van der Waals surface area contributed by atoms with Gasteiger partial charge in [-0.05, 0) is 38.8 Å². The van der Waals surface area contributed by atoms with E-state index in [0.29, 0.717) is 31.4 Å². The lowest BCUT2D eigenvalue weighted by Gasteiger charge is -2.44. The molecule has 3 aliphatic rings. The number of piperidine rings is 2. The van der Waals surface area contributed by atoms with Crippen LogP contribution >= 0.6 is 0 Å². The summed E-state index contributed by atoms with van der Waals surface area (Å²) < 4.78 is 0. The van der Waals surface area contributed by atoms with E-state index < -0.39 is 0 Å². The van der Waals surface area contributed by atoms with Gasteiger partial charge in [0.25, 0.3) is 11.8 Å². The van der Waals surface area contributed by atoms with Crippen LogP contribution in [0.3, 0.4) is 0 Å². The van der Waals surface area contributed by atoms with Crippen molar-refractivity contribution >= 4 is 11.8 Å². The van der Waals surface area contributed by atoms with Crippen LogP contribution < -0.4 is 0 Å². The lowest BCUT2D eigenvalue weighted by Crippen LogP contribution is -2.49. The number of fused-ring (bicyclic) bond motifs is 1. The van der Waals surface area contributed by atoms with E-state index in [0.717, 1.165) is 11.5 Å². The monoisotopic (exact) mass is 266 g/mol. The van der Waals surface area contributed by atoms with Gasteiger partial charge in [-0.1, -0.05) is 6.42 Å². The Morgan fingerprint density at radius 2 is 1.74 bits per heavy atom. The topological polar surface area (TPSA) is 49.9 Å². The van der Waals surface area contributed by atoms with Crippen LogP contribution in [0.1, 0.15) is 44.9 Å². The van der Waals surface area contributed by atoms with E-state index in [-0.39, 0.29) is 11.8 Å². The third-order valence-electron chi connectivity index (χ3n) is 4.65. The lowest BCUT2D eigenvalue weighted by atomic mass is 9.84. The summed E-state index contributed by atoms with van der Waals surface area (Å²) in [5.41, 5.74) is 0. The summed E-state index contributed by atoms with van der Waals surface area (Å²) in [6.07, 6.45) is 6.78. The first-order valence-electron chi connectivity index (χ1n) is 7.48. The van der Waals surface area contributed by atoms with E-state index in [4.69, 9.17) is 4.84 Å². The fraction of sp³-hybridized carbons (Fsp3) is 0.857. The first kappa shape index (κ1) is 13.1. The zero-order valence-corrected chi connectivity index (χ0v) is 11.3. The number of nitrogens with zero attached hydrogens (tertiary/aromatic N) is 2. The molecule has 0 bridgehead atoms. The molecule has 0 saturated carbocycles. The molecule has 2 unspecified atom stereocenters. The number of hydrogen-bond donors (Lipinski definition) is 0. The Balaban J connectivity index is 1.56. The maximum absolute atomic E-state index is 11.5. The van der Waals surface area contributed by atoms with Gasteiger partial charge in [0.1, 0.15) is 0 Å². The minimum atomic E-state index is -0.179. The van der Waals surface area contributed by atoms with E-state index >= 15 is 0 Å². The van der Waals surface area contributed by atoms with Crippen molar-refractivity contribution < 1.29 is 14.4 Å². The Hall–Kier alpha value is -0.940. The van der Waals surface area contributed by atoms with Gasteiger partial charge in [0, 0.05) is 24.8 Å². The Morgan fingerprint density at radius 1 is 1.00 bits per heavy atom. The van der Waals surface area contributed by atoms with Crippen LogP contribution in [0.5, 0.6) is 0 Å². The molecule has 19 heavy (non-hydrogen) atoms. The van der Waals surface area contributed by atoms with Crippen molar-refractivity contribution in [2.24, 2.45) is 5.92 Å². The number of amides is 2. The van der Waals surface area contributed by atoms with Crippen LogP contribution in [-0.4, -0.2) is 47.5 Å². The molecule has 106 valence electrons. The molecule has 2 amide bonds. The molecule has 0 spiro atoms. The average Bonchev–Trinajstić information content (AvgIpc) is 2.76. The largest absolute Gasteiger partial charge is 0.300 e. The maximum atomic E-state index is 11.5. The average molecular weight is 266 g/mol. The first-order chi connectivity index (χ1) is 9.25. The normalized spacial score (nSPS) is 32.7. The van der Waals surface area contributed by atoms with Crippen molar-refractivity contribution in [3.63, 3.8) is 0 Å². The standard InChI is InChI=1S/C14H22N2O3/c17-13-6-7-14(18)16(13)19-10-11-4-3-9-15-8-2-1-5-12(11)15/h11-12H,1-10H2. The summed E-state index contributed by atoms with van der Waals surface area (Å²) in [4.78, 5) is 31.1. The molecule has 3 fully saturated rings. The Labute approximate surface area is 113 Å². The number of imide groups is 1. The second kappa shape index (κ2) is 5.59. The highest BCUT2D eigenvalue weighted by Gasteiger charge is 2.36. The molecule has 0 radical (unpaired) electrons. The van der Waals surface area contributed by atoms with Crippen LogP contribution in [0, 0.1) is 5.92 Å². The number of hydroxylamine groups is 2. The minimum absolute atomic E-state index is 0.179. The van der Waals surface area contributed by atoms with E-state index in [9.17, 15) is 9.59 Å². The van der Waals surface area contributed by atoms with Crippen LogP contribution in [0.15, 0.2) is 0 Å². The highest BCUT2D eigenvalue weighted by atomic mass is 16.7. The molecule has 0 aromatic carbocycles. The van der Waals surface area contributed by atoms with Crippen molar-refractivity contribution in [1.29, 1.82) is 0 Å². The summed E-state index contributed by atoms with van der Waals surface area (Å²) >= 11 is 0. The molecule has 5 nitrogen and oxygen atoms in total. The first-order valence-corrected chi connectivity index (χ1v) is 7.48. The molecule has 0 aromatic heterocycles. The van der Waals surface area contributed by atoms with Crippen LogP contribution in [0.4, 0.5) is 0 Å². The summed E-state index contributed by atoms with van der Waals surface area (Å²) in [5, 5.41) is 1.00. The zero-order valence-electron chi connectivity index (χ0n) is 11.3. The van der Waals surface area contributed by atoms with Gasteiger partial charge in [-0.25, -0.2) is 0 Å². The lowest BCUT2D eigenvalue weighted by molar-refractivity contribution is -0.194. The molecule has 2 atom stereocenters. The number of rotatable bonds is 3. The van der Waals surface area contributed by atoms with Crippen molar-refractivity contribution in [1.82, 2.24) is 9.96 Å². The quantitative estimate of drug-likeness (QED) is 0.723. The highest BCUT2D eigenvalue weighted by Crippen LogP contribution is 2.31. The molecule has 3 heterocycles. The fourth-order valence-electron chi connectivity index (χ4n) is 3.64. The molecule has 3 aliphatic heterocycles. The minimum Gasteiger partial charge on any atom is -0.300 e. The summed E-state index contributed by atoms with van der Waals surface area (Å²) in [6, 6.07) is 0.593. The maximum Gasteiger partial charge on any atom is 0.253 e. The third-order valence-corrected chi connectivity index (χ3v) is 4.65. The Kier molecular flexibility index (Phi) is 3.84. The second-order valence-corrected chi connectivity index (χ2v) is 5.88. The van der Waals surface area contributed by atoms with Crippen LogP contribution in [0.2, 0.25) is 0 Å². The SMILES string of the molecule is O=C1CCC(=O)N1OCC1CCCN2CCCCC12. The van der Waals surface area contributed by atoms with E-state index in [1.165, 1.54) is 38.8 Å². The van der Waals surface area contributed by atoms with E-state index in [2.05, 4.69) is 4.90 Å². The third kappa shape index (κ3) is 2.67. The fourth-order valence-corrected chi connectivity index (χ4v) is 3.64. The number of carbonyl (C=O) groups excluding carboxylic acids is 2. The Morgan fingerprint density at radius 3 is 2.53 bits per heavy atom. The molecule has 5 heteroatoms. The number of carbonyl (C=O) groups is 2. The van der Waals surface area contributed by atoms with E-state index in [1.807, 2.05) is 0 Å². The Bertz CT molecular complexity index is 354. The molecule has 3 rings (SSSR count). The predicted molar refractivity (Wildman–Crippen MR) is 69.0 cm³/mol.